The topological polar surface area (TPSA) is 55.8 Å². The summed E-state index contributed by atoms with van der Waals surface area (Å²) < 4.78 is 10.5. The van der Waals surface area contributed by atoms with Crippen LogP contribution < -0.4 is 0 Å². The molecule has 5 nitrogen and oxygen atoms in total. The van der Waals surface area contributed by atoms with Crippen LogP contribution in [0.5, 0.6) is 0 Å². The largest absolute Gasteiger partial charge is 0.444 e. The van der Waals surface area contributed by atoms with E-state index in [2.05, 4.69) is 0 Å². The van der Waals surface area contributed by atoms with Crippen molar-refractivity contribution in [1.29, 1.82) is 0 Å². The van der Waals surface area contributed by atoms with E-state index in [4.69, 9.17) is 9.47 Å². The molecule has 0 aliphatic carbocycles. The van der Waals surface area contributed by atoms with Crippen LogP contribution in [-0.4, -0.2) is 49.7 Å². The van der Waals surface area contributed by atoms with Crippen LogP contribution in [0.3, 0.4) is 0 Å². The molecule has 0 aromatic rings. The smallest absolute Gasteiger partial charge is 0.410 e. The number of hydrogen-bond donors (Lipinski definition) is 0. The molecule has 0 unspecified atom stereocenters. The lowest BCUT2D eigenvalue weighted by Crippen LogP contribution is -2.40. The molecule has 1 atom stereocenters. The van der Waals surface area contributed by atoms with Gasteiger partial charge >= 0.3 is 6.09 Å². The molecule has 0 aliphatic heterocycles. The molecule has 0 spiro atoms. The lowest BCUT2D eigenvalue weighted by atomic mass is 9.84. The second kappa shape index (κ2) is 8.25. The van der Waals surface area contributed by atoms with Gasteiger partial charge in [-0.15, -0.1) is 0 Å². The Hall–Kier alpha value is -1.10. The van der Waals surface area contributed by atoms with Crippen molar-refractivity contribution in [2.45, 2.75) is 53.1 Å². The lowest BCUT2D eigenvalue weighted by Gasteiger charge is -2.31. The van der Waals surface area contributed by atoms with Crippen LogP contribution in [0.4, 0.5) is 4.79 Å². The average molecular weight is 287 g/mol. The molecule has 5 heteroatoms. The van der Waals surface area contributed by atoms with Gasteiger partial charge in [0.2, 0.25) is 0 Å². The minimum atomic E-state index is -0.524. The number of carbonyl (C=O) groups is 2. The molecule has 20 heavy (non-hydrogen) atoms. The fourth-order valence-electron chi connectivity index (χ4n) is 1.88. The van der Waals surface area contributed by atoms with Gasteiger partial charge in [-0.25, -0.2) is 4.79 Å². The number of methoxy groups -OCH3 is 1. The Morgan fingerprint density at radius 3 is 2.20 bits per heavy atom. The Balaban J connectivity index is 4.64. The maximum absolute atomic E-state index is 12.0. The SMILES string of the molecule is CCN(CC[C@@](C=O)(CC)COC)C(=O)OC(C)(C)C. The van der Waals surface area contributed by atoms with E-state index in [1.807, 2.05) is 34.6 Å². The third-order valence-corrected chi connectivity index (χ3v) is 3.30. The first-order valence-corrected chi connectivity index (χ1v) is 7.16. The van der Waals surface area contributed by atoms with Crippen LogP contribution in [-0.2, 0) is 14.3 Å². The number of aldehydes is 1. The van der Waals surface area contributed by atoms with Gasteiger partial charge in [0.1, 0.15) is 11.9 Å². The van der Waals surface area contributed by atoms with Crippen molar-refractivity contribution in [3.05, 3.63) is 0 Å². The number of ether oxygens (including phenoxy) is 2. The van der Waals surface area contributed by atoms with Gasteiger partial charge in [-0.05, 0) is 40.5 Å². The highest BCUT2D eigenvalue weighted by molar-refractivity contribution is 5.68. The van der Waals surface area contributed by atoms with E-state index >= 15 is 0 Å². The summed E-state index contributed by atoms with van der Waals surface area (Å²) in [5.74, 6) is 0. The minimum Gasteiger partial charge on any atom is -0.444 e. The zero-order chi connectivity index (χ0) is 15.8. The summed E-state index contributed by atoms with van der Waals surface area (Å²) in [4.78, 5) is 25.0. The van der Waals surface area contributed by atoms with Crippen LogP contribution >= 0.6 is 0 Å². The third kappa shape index (κ3) is 6.37. The molecule has 0 aromatic heterocycles. The lowest BCUT2D eigenvalue weighted by molar-refractivity contribution is -0.120. The Morgan fingerprint density at radius 1 is 1.25 bits per heavy atom. The molecule has 0 heterocycles. The van der Waals surface area contributed by atoms with E-state index in [0.717, 1.165) is 6.29 Å². The van der Waals surface area contributed by atoms with Gasteiger partial charge in [-0.2, -0.15) is 0 Å². The van der Waals surface area contributed by atoms with Gasteiger partial charge in [-0.3, -0.25) is 0 Å². The second-order valence-corrected chi connectivity index (χ2v) is 6.08. The number of amides is 1. The molecular weight excluding hydrogens is 258 g/mol. The van der Waals surface area contributed by atoms with E-state index in [1.165, 1.54) is 0 Å². The molecule has 0 bridgehead atoms. The fourth-order valence-corrected chi connectivity index (χ4v) is 1.88. The predicted octanol–water partition coefficient (Wildman–Crippen LogP) is 2.88. The number of hydrogen-bond acceptors (Lipinski definition) is 4. The van der Waals surface area contributed by atoms with Crippen molar-refractivity contribution < 1.29 is 19.1 Å². The van der Waals surface area contributed by atoms with Crippen molar-refractivity contribution in [3.63, 3.8) is 0 Å². The Bertz CT molecular complexity index is 311. The molecule has 0 N–H and O–H groups in total. The van der Waals surface area contributed by atoms with E-state index in [9.17, 15) is 9.59 Å². The van der Waals surface area contributed by atoms with Crippen molar-refractivity contribution >= 4 is 12.4 Å². The molecular formula is C15H29NO4. The van der Waals surface area contributed by atoms with Crippen LogP contribution in [0.15, 0.2) is 0 Å². The van der Waals surface area contributed by atoms with Crippen LogP contribution in [0.1, 0.15) is 47.5 Å². The standard InChI is InChI=1S/C15H29NO4/c1-7-15(11-17,12-19-6)9-10-16(8-2)13(18)20-14(3,4)5/h11H,7-10,12H2,1-6H3/t15-/m1/s1. The molecule has 0 rings (SSSR count). The van der Waals surface area contributed by atoms with Crippen LogP contribution in [0.25, 0.3) is 0 Å². The number of nitrogens with zero attached hydrogens (tertiary/aromatic N) is 1. The Morgan fingerprint density at radius 2 is 1.85 bits per heavy atom. The fraction of sp³-hybridized carbons (Fsp3) is 0.867. The zero-order valence-corrected chi connectivity index (χ0v) is 13.7. The van der Waals surface area contributed by atoms with E-state index < -0.39 is 11.0 Å². The zero-order valence-electron chi connectivity index (χ0n) is 13.7. The first-order chi connectivity index (χ1) is 9.23. The molecule has 0 fully saturated rings. The highest BCUT2D eigenvalue weighted by Gasteiger charge is 2.30. The normalized spacial score (nSPS) is 14.5. The van der Waals surface area contributed by atoms with Gasteiger partial charge in [0.15, 0.2) is 0 Å². The second-order valence-electron chi connectivity index (χ2n) is 6.08. The number of carbonyl (C=O) groups excluding carboxylic acids is 2. The molecule has 0 radical (unpaired) electrons. The highest BCUT2D eigenvalue weighted by atomic mass is 16.6. The quantitative estimate of drug-likeness (QED) is 0.644. The van der Waals surface area contributed by atoms with E-state index in [0.29, 0.717) is 32.5 Å². The van der Waals surface area contributed by atoms with Crippen molar-refractivity contribution in [2.75, 3.05) is 26.8 Å². The van der Waals surface area contributed by atoms with Gasteiger partial charge < -0.3 is 19.2 Å². The number of rotatable bonds is 8. The van der Waals surface area contributed by atoms with Gasteiger partial charge in [-0.1, -0.05) is 6.92 Å². The Labute approximate surface area is 122 Å². The first kappa shape index (κ1) is 18.9. The molecule has 1 amide bonds. The maximum atomic E-state index is 12.0. The average Bonchev–Trinajstić information content (AvgIpc) is 2.36. The maximum Gasteiger partial charge on any atom is 0.410 e. The van der Waals surface area contributed by atoms with Gasteiger partial charge in [0.25, 0.3) is 0 Å². The molecule has 0 saturated carbocycles. The summed E-state index contributed by atoms with van der Waals surface area (Å²) in [5.41, 5.74) is -1.03. The summed E-state index contributed by atoms with van der Waals surface area (Å²) in [6, 6.07) is 0. The molecule has 0 aliphatic rings. The summed E-state index contributed by atoms with van der Waals surface area (Å²) >= 11 is 0. The van der Waals surface area contributed by atoms with Crippen LogP contribution in [0, 0.1) is 5.41 Å². The van der Waals surface area contributed by atoms with Crippen molar-refractivity contribution in [2.24, 2.45) is 5.41 Å². The predicted molar refractivity (Wildman–Crippen MR) is 78.8 cm³/mol. The molecule has 0 aromatic carbocycles. The third-order valence-electron chi connectivity index (χ3n) is 3.30. The van der Waals surface area contributed by atoms with Gasteiger partial charge in [0, 0.05) is 20.2 Å². The Kier molecular flexibility index (Phi) is 7.79. The summed E-state index contributed by atoms with van der Waals surface area (Å²) in [7, 11) is 1.58. The van der Waals surface area contributed by atoms with Crippen LogP contribution in [0.2, 0.25) is 0 Å². The molecule has 0 saturated heterocycles. The summed E-state index contributed by atoms with van der Waals surface area (Å²) in [5, 5.41) is 0. The highest BCUT2D eigenvalue weighted by Crippen LogP contribution is 2.25. The minimum absolute atomic E-state index is 0.340. The monoisotopic (exact) mass is 287 g/mol. The van der Waals surface area contributed by atoms with Gasteiger partial charge in [0.05, 0.1) is 12.0 Å². The van der Waals surface area contributed by atoms with Crippen molar-refractivity contribution in [1.82, 2.24) is 4.90 Å². The van der Waals surface area contributed by atoms with E-state index in [-0.39, 0.29) is 6.09 Å². The summed E-state index contributed by atoms with van der Waals surface area (Å²) in [6.07, 6.45) is 1.87. The summed E-state index contributed by atoms with van der Waals surface area (Å²) in [6.45, 7) is 10.8. The molecule has 118 valence electrons. The van der Waals surface area contributed by atoms with E-state index in [1.54, 1.807) is 12.0 Å². The van der Waals surface area contributed by atoms with Crippen molar-refractivity contribution in [3.8, 4) is 0 Å². The first-order valence-electron chi connectivity index (χ1n) is 7.16.